The number of benzene rings is 1. The molecule has 1 amide bonds. The van der Waals surface area contributed by atoms with Crippen molar-refractivity contribution in [1.82, 2.24) is 0 Å². The summed E-state index contributed by atoms with van der Waals surface area (Å²) in [5.74, 6) is 0.834. The second-order valence-electron chi connectivity index (χ2n) is 4.13. The van der Waals surface area contributed by atoms with E-state index in [9.17, 15) is 4.79 Å². The first-order valence-electron chi connectivity index (χ1n) is 5.39. The first-order valence-corrected chi connectivity index (χ1v) is 5.39. The van der Waals surface area contributed by atoms with E-state index in [0.717, 1.165) is 17.9 Å². The number of methoxy groups -OCH3 is 1. The molecule has 3 saturated heterocycles. The zero-order chi connectivity index (χ0) is 11.1. The van der Waals surface area contributed by atoms with E-state index in [-0.39, 0.29) is 18.1 Å². The highest BCUT2D eigenvalue weighted by Crippen LogP contribution is 2.33. The molecule has 0 aromatic heterocycles. The van der Waals surface area contributed by atoms with E-state index >= 15 is 0 Å². The Hall–Kier alpha value is -1.55. The molecule has 0 N–H and O–H groups in total. The lowest BCUT2D eigenvalue weighted by Gasteiger charge is -2.45. The number of carbonyl (C=O) groups is 1. The molecule has 3 aliphatic rings. The van der Waals surface area contributed by atoms with Crippen LogP contribution in [0.25, 0.3) is 0 Å². The summed E-state index contributed by atoms with van der Waals surface area (Å²) in [6, 6.07) is 7.56. The lowest BCUT2D eigenvalue weighted by molar-refractivity contribution is -0.169. The molecule has 2 atom stereocenters. The zero-order valence-electron chi connectivity index (χ0n) is 9.05. The van der Waals surface area contributed by atoms with Gasteiger partial charge < -0.3 is 14.4 Å². The smallest absolute Gasteiger partial charge is 0.256 e. The molecule has 2 bridgehead atoms. The van der Waals surface area contributed by atoms with Gasteiger partial charge in [-0.2, -0.15) is 0 Å². The van der Waals surface area contributed by atoms with E-state index in [1.807, 2.05) is 24.3 Å². The fraction of sp³-hybridized carbons (Fsp3) is 0.417. The summed E-state index contributed by atoms with van der Waals surface area (Å²) in [6.07, 6.45) is 0.873. The number of fused-ring (bicyclic) bond motifs is 2. The number of rotatable bonds is 2. The van der Waals surface area contributed by atoms with Gasteiger partial charge in [0.2, 0.25) is 0 Å². The van der Waals surface area contributed by atoms with Crippen molar-refractivity contribution in [3.05, 3.63) is 24.3 Å². The Morgan fingerprint density at radius 2 is 2.31 bits per heavy atom. The Balaban J connectivity index is 1.88. The molecule has 0 aliphatic carbocycles. The first kappa shape index (κ1) is 9.66. The predicted octanol–water partition coefficient (Wildman–Crippen LogP) is 1.20. The molecule has 4 rings (SSSR count). The van der Waals surface area contributed by atoms with Gasteiger partial charge in [0.15, 0.2) is 0 Å². The molecule has 0 spiro atoms. The van der Waals surface area contributed by atoms with Gasteiger partial charge in [-0.25, -0.2) is 0 Å². The minimum Gasteiger partial charge on any atom is -0.497 e. The van der Waals surface area contributed by atoms with Crippen molar-refractivity contribution in [1.29, 1.82) is 0 Å². The fourth-order valence-electron chi connectivity index (χ4n) is 2.22. The van der Waals surface area contributed by atoms with Crippen molar-refractivity contribution >= 4 is 11.6 Å². The van der Waals surface area contributed by atoms with Gasteiger partial charge in [0.1, 0.15) is 11.9 Å². The standard InChI is InChI=1S/C12H13NO3/c1-15-9-4-2-3-8(5-9)13-7-10-6-11(16-10)12(13)14/h2-5,10-11H,6-7H2,1H3. The van der Waals surface area contributed by atoms with Gasteiger partial charge in [0, 0.05) is 18.2 Å². The maximum Gasteiger partial charge on any atom is 0.256 e. The van der Waals surface area contributed by atoms with Crippen LogP contribution in [0.2, 0.25) is 0 Å². The first-order chi connectivity index (χ1) is 7.78. The average Bonchev–Trinajstić information content (AvgIpc) is 2.28. The molecule has 84 valence electrons. The summed E-state index contributed by atoms with van der Waals surface area (Å²) in [5, 5.41) is 0. The van der Waals surface area contributed by atoms with E-state index in [4.69, 9.17) is 9.47 Å². The number of piperidine rings is 1. The van der Waals surface area contributed by atoms with Gasteiger partial charge in [-0.1, -0.05) is 6.07 Å². The molecule has 3 fully saturated rings. The number of carbonyl (C=O) groups excluding carboxylic acids is 1. The van der Waals surface area contributed by atoms with Crippen molar-refractivity contribution in [2.75, 3.05) is 18.6 Å². The third-order valence-corrected chi connectivity index (χ3v) is 3.13. The molecule has 0 saturated carbocycles. The number of morpholine rings is 1. The van der Waals surface area contributed by atoms with Crippen LogP contribution in [-0.4, -0.2) is 31.8 Å². The molecule has 1 aromatic carbocycles. The number of nitrogens with zero attached hydrogens (tertiary/aromatic N) is 1. The molecule has 1 aromatic rings. The Labute approximate surface area is 93.8 Å². The van der Waals surface area contributed by atoms with Crippen LogP contribution in [0.1, 0.15) is 6.42 Å². The number of hydrogen-bond donors (Lipinski definition) is 0. The lowest BCUT2D eigenvalue weighted by atomic mass is 9.97. The summed E-state index contributed by atoms with van der Waals surface area (Å²) in [6.45, 7) is 0.655. The van der Waals surface area contributed by atoms with Gasteiger partial charge in [-0.15, -0.1) is 0 Å². The van der Waals surface area contributed by atoms with E-state index in [0.29, 0.717) is 6.54 Å². The molecule has 16 heavy (non-hydrogen) atoms. The van der Waals surface area contributed by atoms with Crippen molar-refractivity contribution in [3.63, 3.8) is 0 Å². The van der Waals surface area contributed by atoms with Crippen molar-refractivity contribution in [2.45, 2.75) is 18.6 Å². The monoisotopic (exact) mass is 219 g/mol. The fourth-order valence-corrected chi connectivity index (χ4v) is 2.22. The molecular weight excluding hydrogens is 206 g/mol. The van der Waals surface area contributed by atoms with Gasteiger partial charge >= 0.3 is 0 Å². The normalized spacial score (nSPS) is 27.6. The van der Waals surface area contributed by atoms with Crippen LogP contribution in [0.3, 0.4) is 0 Å². The average molecular weight is 219 g/mol. The zero-order valence-corrected chi connectivity index (χ0v) is 9.05. The highest BCUT2D eigenvalue weighted by atomic mass is 16.5. The Morgan fingerprint density at radius 3 is 3.00 bits per heavy atom. The van der Waals surface area contributed by atoms with Crippen LogP contribution in [0, 0.1) is 0 Å². The van der Waals surface area contributed by atoms with Crippen LogP contribution in [0.4, 0.5) is 5.69 Å². The number of anilines is 1. The van der Waals surface area contributed by atoms with Crippen molar-refractivity contribution in [2.24, 2.45) is 0 Å². The highest BCUT2D eigenvalue weighted by Gasteiger charge is 2.45. The molecule has 4 nitrogen and oxygen atoms in total. The Morgan fingerprint density at radius 1 is 1.50 bits per heavy atom. The van der Waals surface area contributed by atoms with E-state index < -0.39 is 0 Å². The highest BCUT2D eigenvalue weighted by molar-refractivity contribution is 5.98. The topological polar surface area (TPSA) is 38.8 Å². The van der Waals surface area contributed by atoms with Gasteiger partial charge in [0.25, 0.3) is 5.91 Å². The van der Waals surface area contributed by atoms with Crippen molar-refractivity contribution < 1.29 is 14.3 Å². The summed E-state index contributed by atoms with van der Waals surface area (Å²) in [7, 11) is 1.62. The number of hydrogen-bond acceptors (Lipinski definition) is 3. The number of amides is 1. The molecule has 0 radical (unpaired) electrons. The molecule has 2 unspecified atom stereocenters. The third-order valence-electron chi connectivity index (χ3n) is 3.13. The van der Waals surface area contributed by atoms with E-state index in [1.165, 1.54) is 0 Å². The molecular formula is C12H13NO3. The SMILES string of the molecule is COc1cccc(N2CC3CC(O3)C2=O)c1. The molecule has 3 aliphatic heterocycles. The number of ether oxygens (including phenoxy) is 2. The minimum atomic E-state index is -0.218. The minimum absolute atomic E-state index is 0.0655. The van der Waals surface area contributed by atoms with E-state index in [1.54, 1.807) is 12.0 Å². The van der Waals surface area contributed by atoms with Crippen LogP contribution in [0.15, 0.2) is 24.3 Å². The van der Waals surface area contributed by atoms with Gasteiger partial charge in [-0.05, 0) is 12.1 Å². The Kier molecular flexibility index (Phi) is 2.11. The van der Waals surface area contributed by atoms with E-state index in [2.05, 4.69) is 0 Å². The largest absolute Gasteiger partial charge is 0.497 e. The maximum absolute atomic E-state index is 11.9. The summed E-state index contributed by atoms with van der Waals surface area (Å²) < 4.78 is 10.5. The summed E-state index contributed by atoms with van der Waals surface area (Å²) >= 11 is 0. The van der Waals surface area contributed by atoms with Crippen LogP contribution in [-0.2, 0) is 9.53 Å². The summed E-state index contributed by atoms with van der Waals surface area (Å²) in [4.78, 5) is 13.7. The second-order valence-corrected chi connectivity index (χ2v) is 4.13. The lowest BCUT2D eigenvalue weighted by Crippen LogP contribution is -2.61. The predicted molar refractivity (Wildman–Crippen MR) is 58.6 cm³/mol. The summed E-state index contributed by atoms with van der Waals surface area (Å²) in [5.41, 5.74) is 0.891. The van der Waals surface area contributed by atoms with Crippen LogP contribution >= 0.6 is 0 Å². The molecule has 4 heteroatoms. The van der Waals surface area contributed by atoms with Gasteiger partial charge in [0.05, 0.1) is 19.8 Å². The molecule has 3 heterocycles. The quantitative estimate of drug-likeness (QED) is 0.750. The Bertz CT molecular complexity index is 426. The van der Waals surface area contributed by atoms with Crippen LogP contribution in [0.5, 0.6) is 5.75 Å². The second kappa shape index (κ2) is 3.49. The maximum atomic E-state index is 11.9. The van der Waals surface area contributed by atoms with Gasteiger partial charge in [-0.3, -0.25) is 4.79 Å². The van der Waals surface area contributed by atoms with Crippen LogP contribution < -0.4 is 9.64 Å². The third kappa shape index (κ3) is 1.38. The van der Waals surface area contributed by atoms with Crippen molar-refractivity contribution in [3.8, 4) is 5.75 Å².